The number of hydrogen-bond acceptors (Lipinski definition) is 4. The first-order valence-electron chi connectivity index (χ1n) is 6.25. The van der Waals surface area contributed by atoms with Crippen molar-refractivity contribution in [3.63, 3.8) is 0 Å². The second kappa shape index (κ2) is 5.35. The van der Waals surface area contributed by atoms with E-state index in [1.165, 1.54) is 0 Å². The van der Waals surface area contributed by atoms with Gasteiger partial charge in [-0.15, -0.1) is 0 Å². The first-order valence-corrected chi connectivity index (χ1v) is 6.25. The summed E-state index contributed by atoms with van der Waals surface area (Å²) < 4.78 is 0. The fraction of sp³-hybridized carbons (Fsp3) is 0.538. The summed E-state index contributed by atoms with van der Waals surface area (Å²) >= 11 is 0. The summed E-state index contributed by atoms with van der Waals surface area (Å²) in [7, 11) is 4.06. The highest BCUT2D eigenvalue weighted by Crippen LogP contribution is 2.20. The third-order valence-electron chi connectivity index (χ3n) is 3.22. The van der Waals surface area contributed by atoms with E-state index in [4.69, 9.17) is 5.73 Å². The van der Waals surface area contributed by atoms with Crippen molar-refractivity contribution in [2.75, 3.05) is 32.9 Å². The average Bonchev–Trinajstić information content (AvgIpc) is 2.75. The topological polar surface area (TPSA) is 62.5 Å². The van der Waals surface area contributed by atoms with Gasteiger partial charge in [0.15, 0.2) is 0 Å². The molecule has 18 heavy (non-hydrogen) atoms. The molecular formula is C13H20N4O. The number of aromatic nitrogens is 1. The molecule has 1 amide bonds. The zero-order valence-corrected chi connectivity index (χ0v) is 11.0. The van der Waals surface area contributed by atoms with E-state index in [0.717, 1.165) is 25.9 Å². The van der Waals surface area contributed by atoms with E-state index in [2.05, 4.69) is 9.88 Å². The van der Waals surface area contributed by atoms with Crippen LogP contribution in [0.15, 0.2) is 18.3 Å². The molecule has 98 valence electrons. The largest absolute Gasteiger partial charge is 0.399 e. The highest BCUT2D eigenvalue weighted by atomic mass is 16.2. The Labute approximate surface area is 108 Å². The van der Waals surface area contributed by atoms with Crippen molar-refractivity contribution in [3.8, 4) is 0 Å². The Hall–Kier alpha value is -1.62. The van der Waals surface area contributed by atoms with Gasteiger partial charge in [-0.05, 0) is 39.1 Å². The van der Waals surface area contributed by atoms with Crippen LogP contribution in [-0.2, 0) is 0 Å². The van der Waals surface area contributed by atoms with Gasteiger partial charge in [-0.3, -0.25) is 9.78 Å². The number of nitrogen functional groups attached to an aromatic ring is 1. The maximum atomic E-state index is 12.4. The zero-order chi connectivity index (χ0) is 13.1. The van der Waals surface area contributed by atoms with Gasteiger partial charge in [0.2, 0.25) is 0 Å². The van der Waals surface area contributed by atoms with E-state index in [0.29, 0.717) is 11.4 Å². The molecule has 0 aliphatic carbocycles. The molecule has 1 aliphatic heterocycles. The maximum Gasteiger partial charge on any atom is 0.272 e. The summed E-state index contributed by atoms with van der Waals surface area (Å²) in [6.07, 6.45) is 3.71. The number of nitrogens with two attached hydrogens (primary N) is 1. The van der Waals surface area contributed by atoms with Crippen molar-refractivity contribution in [2.45, 2.75) is 18.9 Å². The number of nitrogens with zero attached hydrogens (tertiary/aromatic N) is 3. The third kappa shape index (κ3) is 2.79. The number of likely N-dealkylation sites (tertiary alicyclic amines) is 1. The van der Waals surface area contributed by atoms with Gasteiger partial charge in [0.1, 0.15) is 5.69 Å². The molecule has 1 aromatic rings. The molecule has 0 radical (unpaired) electrons. The Morgan fingerprint density at radius 1 is 1.61 bits per heavy atom. The van der Waals surface area contributed by atoms with Crippen LogP contribution in [0.5, 0.6) is 0 Å². The number of rotatable bonds is 3. The molecule has 0 spiro atoms. The Morgan fingerprint density at radius 3 is 3.06 bits per heavy atom. The Kier molecular flexibility index (Phi) is 3.81. The monoisotopic (exact) mass is 248 g/mol. The third-order valence-corrected chi connectivity index (χ3v) is 3.22. The van der Waals surface area contributed by atoms with E-state index in [1.54, 1.807) is 18.3 Å². The van der Waals surface area contributed by atoms with E-state index in [-0.39, 0.29) is 11.9 Å². The summed E-state index contributed by atoms with van der Waals surface area (Å²) in [5, 5.41) is 0. The van der Waals surface area contributed by atoms with Crippen LogP contribution in [0.2, 0.25) is 0 Å². The smallest absolute Gasteiger partial charge is 0.272 e. The van der Waals surface area contributed by atoms with Crippen molar-refractivity contribution in [3.05, 3.63) is 24.0 Å². The summed E-state index contributed by atoms with van der Waals surface area (Å²) in [5.74, 6) is -0.00773. The quantitative estimate of drug-likeness (QED) is 0.860. The van der Waals surface area contributed by atoms with Crippen LogP contribution < -0.4 is 5.73 Å². The summed E-state index contributed by atoms with van der Waals surface area (Å²) in [4.78, 5) is 20.5. The van der Waals surface area contributed by atoms with E-state index >= 15 is 0 Å². The fourth-order valence-corrected chi connectivity index (χ4v) is 2.43. The van der Waals surface area contributed by atoms with Gasteiger partial charge in [-0.2, -0.15) is 0 Å². The number of likely N-dealkylation sites (N-methyl/N-ethyl adjacent to an activating group) is 1. The highest BCUT2D eigenvalue weighted by molar-refractivity contribution is 5.93. The Balaban J connectivity index is 2.12. The van der Waals surface area contributed by atoms with E-state index in [9.17, 15) is 4.79 Å². The van der Waals surface area contributed by atoms with Gasteiger partial charge in [-0.25, -0.2) is 0 Å². The maximum absolute atomic E-state index is 12.4. The second-order valence-corrected chi connectivity index (χ2v) is 5.03. The van der Waals surface area contributed by atoms with Gasteiger partial charge in [0, 0.05) is 31.0 Å². The van der Waals surface area contributed by atoms with Crippen LogP contribution in [0.4, 0.5) is 5.69 Å². The van der Waals surface area contributed by atoms with E-state index in [1.807, 2.05) is 19.0 Å². The van der Waals surface area contributed by atoms with E-state index < -0.39 is 0 Å². The second-order valence-electron chi connectivity index (χ2n) is 5.03. The van der Waals surface area contributed by atoms with Crippen molar-refractivity contribution in [2.24, 2.45) is 0 Å². The number of carbonyl (C=O) groups excluding carboxylic acids is 1. The lowest BCUT2D eigenvalue weighted by molar-refractivity contribution is 0.0710. The molecule has 1 unspecified atom stereocenters. The van der Waals surface area contributed by atoms with Crippen LogP contribution in [0.1, 0.15) is 23.3 Å². The first-order chi connectivity index (χ1) is 8.58. The van der Waals surface area contributed by atoms with Crippen LogP contribution in [-0.4, -0.2) is 53.9 Å². The molecule has 0 bridgehead atoms. The van der Waals surface area contributed by atoms with Gasteiger partial charge in [0.05, 0.1) is 0 Å². The number of carbonyl (C=O) groups is 1. The number of anilines is 1. The lowest BCUT2D eigenvalue weighted by Crippen LogP contribution is -2.41. The minimum Gasteiger partial charge on any atom is -0.399 e. The SMILES string of the molecule is CN(C)CC1CCCN1C(=O)c1cc(N)ccn1. The summed E-state index contributed by atoms with van der Waals surface area (Å²) in [5.41, 5.74) is 6.72. The molecule has 1 aromatic heterocycles. The molecule has 1 aliphatic rings. The zero-order valence-electron chi connectivity index (χ0n) is 11.0. The molecule has 1 atom stereocenters. The Morgan fingerprint density at radius 2 is 2.39 bits per heavy atom. The van der Waals surface area contributed by atoms with Crippen molar-refractivity contribution in [1.82, 2.24) is 14.8 Å². The number of amides is 1. The van der Waals surface area contributed by atoms with Crippen LogP contribution in [0, 0.1) is 0 Å². The molecule has 5 heteroatoms. The minimum atomic E-state index is -0.00773. The van der Waals surface area contributed by atoms with Crippen molar-refractivity contribution >= 4 is 11.6 Å². The van der Waals surface area contributed by atoms with Gasteiger partial charge in [0.25, 0.3) is 5.91 Å². The lowest BCUT2D eigenvalue weighted by Gasteiger charge is -2.26. The molecule has 2 heterocycles. The van der Waals surface area contributed by atoms with Crippen LogP contribution in [0.3, 0.4) is 0 Å². The van der Waals surface area contributed by atoms with Crippen LogP contribution in [0.25, 0.3) is 0 Å². The predicted octanol–water partition coefficient (Wildman–Crippen LogP) is 0.830. The molecule has 0 aromatic carbocycles. The minimum absolute atomic E-state index is 0.00773. The molecule has 2 N–H and O–H groups in total. The number of hydrogen-bond donors (Lipinski definition) is 1. The first kappa shape index (κ1) is 12.8. The van der Waals surface area contributed by atoms with Gasteiger partial charge in [-0.1, -0.05) is 0 Å². The molecule has 0 saturated carbocycles. The summed E-state index contributed by atoms with van der Waals surface area (Å²) in [6.45, 7) is 1.71. The van der Waals surface area contributed by atoms with Crippen LogP contribution >= 0.6 is 0 Å². The summed E-state index contributed by atoms with van der Waals surface area (Å²) in [6, 6.07) is 3.63. The molecule has 1 saturated heterocycles. The van der Waals surface area contributed by atoms with Crippen molar-refractivity contribution in [1.29, 1.82) is 0 Å². The average molecular weight is 248 g/mol. The Bertz CT molecular complexity index is 433. The predicted molar refractivity (Wildman–Crippen MR) is 71.3 cm³/mol. The molecule has 2 rings (SSSR count). The molecule has 5 nitrogen and oxygen atoms in total. The standard InChI is InChI=1S/C13H20N4O/c1-16(2)9-11-4-3-7-17(11)13(18)12-8-10(14)5-6-15-12/h5-6,8,11H,3-4,7,9H2,1-2H3,(H2,14,15). The van der Waals surface area contributed by atoms with Crippen molar-refractivity contribution < 1.29 is 4.79 Å². The number of pyridine rings is 1. The van der Waals surface area contributed by atoms with Gasteiger partial charge < -0.3 is 15.5 Å². The lowest BCUT2D eigenvalue weighted by atomic mass is 10.2. The van der Waals surface area contributed by atoms with Gasteiger partial charge >= 0.3 is 0 Å². The fourth-order valence-electron chi connectivity index (χ4n) is 2.43. The molecular weight excluding hydrogens is 228 g/mol. The highest BCUT2D eigenvalue weighted by Gasteiger charge is 2.30. The molecule has 1 fully saturated rings. The normalized spacial score (nSPS) is 19.5.